The molecule has 1 saturated heterocycles. The Labute approximate surface area is 124 Å². The van der Waals surface area contributed by atoms with Crippen LogP contribution in [0.15, 0.2) is 34.9 Å². The zero-order valence-electron chi connectivity index (χ0n) is 10.6. The molecule has 1 fully saturated rings. The maximum atomic E-state index is 11.9. The molecule has 0 bridgehead atoms. The Bertz CT molecular complexity index is 624. The van der Waals surface area contributed by atoms with E-state index >= 15 is 0 Å². The predicted octanol–water partition coefficient (Wildman–Crippen LogP) is 1.54. The SMILES string of the molecule is O=C(OCc1cccc(Br)c1)c1cn(C2CNC2)nn1. The fourth-order valence-corrected chi connectivity index (χ4v) is 2.31. The molecule has 104 valence electrons. The fraction of sp³-hybridized carbons (Fsp3) is 0.308. The van der Waals surface area contributed by atoms with Crippen molar-refractivity contribution in [2.24, 2.45) is 0 Å². The Morgan fingerprint density at radius 3 is 3.05 bits per heavy atom. The highest BCUT2D eigenvalue weighted by molar-refractivity contribution is 9.10. The van der Waals surface area contributed by atoms with Gasteiger partial charge in [0.2, 0.25) is 0 Å². The summed E-state index contributed by atoms with van der Waals surface area (Å²) < 4.78 is 7.88. The van der Waals surface area contributed by atoms with E-state index in [-0.39, 0.29) is 18.3 Å². The second-order valence-corrected chi connectivity index (χ2v) is 5.52. The summed E-state index contributed by atoms with van der Waals surface area (Å²) >= 11 is 3.38. The van der Waals surface area contributed by atoms with Crippen LogP contribution in [0, 0.1) is 0 Å². The van der Waals surface area contributed by atoms with Gasteiger partial charge in [-0.05, 0) is 17.7 Å². The first kappa shape index (κ1) is 13.3. The summed E-state index contributed by atoms with van der Waals surface area (Å²) in [6, 6.07) is 7.91. The lowest BCUT2D eigenvalue weighted by atomic mass is 10.2. The molecular weight excluding hydrogens is 324 g/mol. The lowest BCUT2D eigenvalue weighted by molar-refractivity contribution is 0.0465. The van der Waals surface area contributed by atoms with Crippen LogP contribution in [0.3, 0.4) is 0 Å². The smallest absolute Gasteiger partial charge is 0.360 e. The summed E-state index contributed by atoms with van der Waals surface area (Å²) in [5.41, 5.74) is 1.16. The number of aromatic nitrogens is 3. The molecule has 2 heterocycles. The zero-order valence-corrected chi connectivity index (χ0v) is 12.2. The molecule has 20 heavy (non-hydrogen) atoms. The lowest BCUT2D eigenvalue weighted by Gasteiger charge is -2.26. The third-order valence-electron chi connectivity index (χ3n) is 3.11. The molecule has 1 aromatic heterocycles. The van der Waals surface area contributed by atoms with Crippen molar-refractivity contribution in [2.75, 3.05) is 13.1 Å². The van der Waals surface area contributed by atoms with Crippen LogP contribution in [0.2, 0.25) is 0 Å². The summed E-state index contributed by atoms with van der Waals surface area (Å²) in [4.78, 5) is 11.9. The van der Waals surface area contributed by atoms with E-state index < -0.39 is 5.97 Å². The van der Waals surface area contributed by atoms with Gasteiger partial charge in [0.1, 0.15) is 6.61 Å². The number of hydrogen-bond acceptors (Lipinski definition) is 5. The van der Waals surface area contributed by atoms with Crippen LogP contribution in [-0.2, 0) is 11.3 Å². The number of esters is 1. The minimum absolute atomic E-state index is 0.218. The summed E-state index contributed by atoms with van der Waals surface area (Å²) in [5, 5.41) is 10.9. The number of hydrogen-bond donors (Lipinski definition) is 1. The molecule has 0 aliphatic carbocycles. The molecule has 3 rings (SSSR count). The van der Waals surface area contributed by atoms with E-state index in [2.05, 4.69) is 31.6 Å². The molecule has 0 amide bonds. The van der Waals surface area contributed by atoms with E-state index in [9.17, 15) is 4.79 Å². The number of benzene rings is 1. The minimum Gasteiger partial charge on any atom is -0.456 e. The van der Waals surface area contributed by atoms with Crippen molar-refractivity contribution < 1.29 is 9.53 Å². The third kappa shape index (κ3) is 2.88. The van der Waals surface area contributed by atoms with Crippen LogP contribution in [0.5, 0.6) is 0 Å². The molecule has 1 aliphatic heterocycles. The Kier molecular flexibility index (Phi) is 3.79. The molecular formula is C13H13BrN4O2. The highest BCUT2D eigenvalue weighted by atomic mass is 79.9. The average molecular weight is 337 g/mol. The number of halogens is 1. The lowest BCUT2D eigenvalue weighted by Crippen LogP contribution is -2.43. The van der Waals surface area contributed by atoms with Crippen molar-refractivity contribution in [1.82, 2.24) is 20.3 Å². The summed E-state index contributed by atoms with van der Waals surface area (Å²) in [7, 11) is 0. The van der Waals surface area contributed by atoms with Crippen molar-refractivity contribution in [3.63, 3.8) is 0 Å². The van der Waals surface area contributed by atoms with Gasteiger partial charge >= 0.3 is 5.97 Å². The van der Waals surface area contributed by atoms with Gasteiger partial charge in [0.15, 0.2) is 5.69 Å². The van der Waals surface area contributed by atoms with E-state index in [0.29, 0.717) is 0 Å². The number of rotatable bonds is 4. The van der Waals surface area contributed by atoms with Crippen LogP contribution in [0.1, 0.15) is 22.1 Å². The average Bonchev–Trinajstić information content (AvgIpc) is 2.83. The Morgan fingerprint density at radius 1 is 1.50 bits per heavy atom. The Morgan fingerprint density at radius 2 is 2.35 bits per heavy atom. The molecule has 6 nitrogen and oxygen atoms in total. The van der Waals surface area contributed by atoms with Gasteiger partial charge in [-0.3, -0.25) is 0 Å². The van der Waals surface area contributed by atoms with Gasteiger partial charge in [0, 0.05) is 17.6 Å². The summed E-state index contributed by atoms with van der Waals surface area (Å²) in [5.74, 6) is -0.455. The van der Waals surface area contributed by atoms with Gasteiger partial charge in [-0.2, -0.15) is 0 Å². The summed E-state index contributed by atoms with van der Waals surface area (Å²) in [6.45, 7) is 1.93. The standard InChI is InChI=1S/C13H13BrN4O2/c14-10-3-1-2-9(4-10)8-20-13(19)12-7-18(17-16-12)11-5-15-6-11/h1-4,7,11,15H,5-6,8H2. The predicted molar refractivity (Wildman–Crippen MR) is 75.2 cm³/mol. The van der Waals surface area contributed by atoms with Crippen molar-refractivity contribution in [3.05, 3.63) is 46.2 Å². The number of carbonyl (C=O) groups is 1. The topological polar surface area (TPSA) is 69.0 Å². The Balaban J connectivity index is 1.60. The van der Waals surface area contributed by atoms with E-state index in [1.54, 1.807) is 10.9 Å². The van der Waals surface area contributed by atoms with Crippen LogP contribution < -0.4 is 5.32 Å². The maximum Gasteiger partial charge on any atom is 0.360 e. The van der Waals surface area contributed by atoms with Gasteiger partial charge in [-0.15, -0.1) is 5.10 Å². The van der Waals surface area contributed by atoms with Crippen LogP contribution in [0.25, 0.3) is 0 Å². The first-order valence-corrected chi connectivity index (χ1v) is 7.06. The van der Waals surface area contributed by atoms with Crippen LogP contribution in [0.4, 0.5) is 0 Å². The second-order valence-electron chi connectivity index (χ2n) is 4.60. The quantitative estimate of drug-likeness (QED) is 0.857. The number of nitrogens with zero attached hydrogens (tertiary/aromatic N) is 3. The van der Waals surface area contributed by atoms with Crippen molar-refractivity contribution >= 4 is 21.9 Å². The first-order chi connectivity index (χ1) is 9.72. The van der Waals surface area contributed by atoms with Gasteiger partial charge in [-0.1, -0.05) is 33.3 Å². The number of ether oxygens (including phenoxy) is 1. The van der Waals surface area contributed by atoms with E-state index in [4.69, 9.17) is 4.74 Å². The normalized spacial score (nSPS) is 14.8. The van der Waals surface area contributed by atoms with Crippen molar-refractivity contribution in [1.29, 1.82) is 0 Å². The summed E-state index contributed by atoms with van der Waals surface area (Å²) in [6.07, 6.45) is 1.63. The van der Waals surface area contributed by atoms with E-state index in [1.807, 2.05) is 24.3 Å². The molecule has 2 aromatic rings. The zero-order chi connectivity index (χ0) is 13.9. The largest absolute Gasteiger partial charge is 0.456 e. The molecule has 0 spiro atoms. The number of carbonyl (C=O) groups excluding carboxylic acids is 1. The fourth-order valence-electron chi connectivity index (χ4n) is 1.86. The molecule has 1 N–H and O–H groups in total. The molecule has 1 aliphatic rings. The van der Waals surface area contributed by atoms with E-state index in [0.717, 1.165) is 23.1 Å². The first-order valence-electron chi connectivity index (χ1n) is 6.26. The van der Waals surface area contributed by atoms with Crippen LogP contribution >= 0.6 is 15.9 Å². The van der Waals surface area contributed by atoms with Gasteiger partial charge in [0.05, 0.1) is 12.2 Å². The molecule has 0 atom stereocenters. The second kappa shape index (κ2) is 5.72. The molecule has 1 aromatic carbocycles. The highest BCUT2D eigenvalue weighted by Crippen LogP contribution is 2.14. The maximum absolute atomic E-state index is 11.9. The third-order valence-corrected chi connectivity index (χ3v) is 3.61. The Hall–Kier alpha value is -1.73. The monoisotopic (exact) mass is 336 g/mol. The van der Waals surface area contributed by atoms with Gasteiger partial charge in [-0.25, -0.2) is 9.48 Å². The molecule has 0 radical (unpaired) electrons. The molecule has 7 heteroatoms. The molecule has 0 saturated carbocycles. The van der Waals surface area contributed by atoms with Crippen LogP contribution in [-0.4, -0.2) is 34.1 Å². The molecule has 0 unspecified atom stereocenters. The van der Waals surface area contributed by atoms with Crippen molar-refractivity contribution in [3.8, 4) is 0 Å². The van der Waals surface area contributed by atoms with Crippen molar-refractivity contribution in [2.45, 2.75) is 12.6 Å². The minimum atomic E-state index is -0.455. The van der Waals surface area contributed by atoms with E-state index in [1.165, 1.54) is 0 Å². The number of nitrogens with one attached hydrogen (secondary N) is 1. The van der Waals surface area contributed by atoms with Gasteiger partial charge < -0.3 is 10.1 Å². The highest BCUT2D eigenvalue weighted by Gasteiger charge is 2.22. The van der Waals surface area contributed by atoms with Gasteiger partial charge in [0.25, 0.3) is 0 Å².